The smallest absolute Gasteiger partial charge is 0.306 e. The highest BCUT2D eigenvalue weighted by molar-refractivity contribution is 5.71. The van der Waals surface area contributed by atoms with Crippen molar-refractivity contribution >= 4 is 17.9 Å². The van der Waals surface area contributed by atoms with Crippen LogP contribution in [0.2, 0.25) is 0 Å². The van der Waals surface area contributed by atoms with Gasteiger partial charge in [-0.25, -0.2) is 0 Å². The summed E-state index contributed by atoms with van der Waals surface area (Å²) >= 11 is 0. The van der Waals surface area contributed by atoms with Crippen molar-refractivity contribution in [2.75, 3.05) is 13.2 Å². The lowest BCUT2D eigenvalue weighted by atomic mass is 10.0. The largest absolute Gasteiger partial charge is 0.462 e. The number of unbranched alkanes of at least 4 members (excludes halogenated alkanes) is 26. The predicted octanol–water partition coefficient (Wildman–Crippen LogP) is 14.6. The van der Waals surface area contributed by atoms with Gasteiger partial charge in [0.15, 0.2) is 6.10 Å². The van der Waals surface area contributed by atoms with E-state index in [1.54, 1.807) is 0 Å². The van der Waals surface area contributed by atoms with Crippen LogP contribution in [-0.2, 0) is 28.6 Å². The van der Waals surface area contributed by atoms with Crippen LogP contribution in [0.25, 0.3) is 0 Å². The monoisotopic (exact) mass is 751 g/mol. The number of hydrogen-bond acceptors (Lipinski definition) is 6. The van der Waals surface area contributed by atoms with E-state index < -0.39 is 6.10 Å². The average molecular weight is 751 g/mol. The lowest BCUT2D eigenvalue weighted by Gasteiger charge is -2.18. The van der Waals surface area contributed by atoms with Gasteiger partial charge in [-0.05, 0) is 31.1 Å². The molecule has 0 N–H and O–H groups in total. The van der Waals surface area contributed by atoms with Crippen LogP contribution in [0.5, 0.6) is 0 Å². The van der Waals surface area contributed by atoms with Gasteiger partial charge in [-0.1, -0.05) is 214 Å². The number of rotatable bonds is 41. The molecule has 6 nitrogen and oxygen atoms in total. The SMILES string of the molecule is CCCCCCCCCC(=O)OC[C@H](COC(=O)CCCCCCCCCCCCC(C)C)OC(=O)CCCCCCCCCCCCCCC(C)C. The molecule has 0 bridgehead atoms. The molecule has 6 heteroatoms. The van der Waals surface area contributed by atoms with E-state index >= 15 is 0 Å². The molecule has 0 aromatic rings. The van der Waals surface area contributed by atoms with Crippen molar-refractivity contribution in [2.45, 2.75) is 259 Å². The van der Waals surface area contributed by atoms with Gasteiger partial charge >= 0.3 is 17.9 Å². The Morgan fingerprint density at radius 3 is 0.925 bits per heavy atom. The fourth-order valence-corrected chi connectivity index (χ4v) is 6.93. The fraction of sp³-hybridized carbons (Fsp3) is 0.936. The molecule has 0 amide bonds. The molecule has 0 aromatic heterocycles. The maximum Gasteiger partial charge on any atom is 0.306 e. The van der Waals surface area contributed by atoms with E-state index in [9.17, 15) is 14.4 Å². The average Bonchev–Trinajstić information content (AvgIpc) is 3.12. The maximum atomic E-state index is 12.7. The number of carbonyl (C=O) groups excluding carboxylic acids is 3. The quantitative estimate of drug-likeness (QED) is 0.0352. The van der Waals surface area contributed by atoms with Crippen molar-refractivity contribution in [1.82, 2.24) is 0 Å². The fourth-order valence-electron chi connectivity index (χ4n) is 6.93. The normalized spacial score (nSPS) is 12.1. The lowest BCUT2D eigenvalue weighted by molar-refractivity contribution is -0.167. The van der Waals surface area contributed by atoms with Crippen LogP contribution < -0.4 is 0 Å². The minimum Gasteiger partial charge on any atom is -0.462 e. The molecular formula is C47H90O6. The van der Waals surface area contributed by atoms with Gasteiger partial charge in [0.2, 0.25) is 0 Å². The van der Waals surface area contributed by atoms with E-state index in [0.29, 0.717) is 19.3 Å². The van der Waals surface area contributed by atoms with Gasteiger partial charge in [-0.3, -0.25) is 14.4 Å². The van der Waals surface area contributed by atoms with Gasteiger partial charge in [0.05, 0.1) is 0 Å². The Bertz CT molecular complexity index is 809. The third-order valence-corrected chi connectivity index (χ3v) is 10.5. The zero-order chi connectivity index (χ0) is 39.0. The summed E-state index contributed by atoms with van der Waals surface area (Å²) in [5.74, 6) is 0.789. The van der Waals surface area contributed by atoms with Gasteiger partial charge in [-0.15, -0.1) is 0 Å². The number of hydrogen-bond donors (Lipinski definition) is 0. The van der Waals surface area contributed by atoms with Gasteiger partial charge in [0.25, 0.3) is 0 Å². The van der Waals surface area contributed by atoms with E-state index in [2.05, 4.69) is 34.6 Å². The van der Waals surface area contributed by atoms with Crippen LogP contribution in [0.3, 0.4) is 0 Å². The molecule has 0 heterocycles. The zero-order valence-electron chi connectivity index (χ0n) is 36.1. The van der Waals surface area contributed by atoms with Crippen molar-refractivity contribution in [3.05, 3.63) is 0 Å². The van der Waals surface area contributed by atoms with E-state index in [0.717, 1.165) is 69.6 Å². The summed E-state index contributed by atoms with van der Waals surface area (Å²) in [7, 11) is 0. The van der Waals surface area contributed by atoms with Crippen molar-refractivity contribution in [3.8, 4) is 0 Å². The van der Waals surface area contributed by atoms with Crippen LogP contribution in [0, 0.1) is 11.8 Å². The molecule has 0 aromatic carbocycles. The molecular weight excluding hydrogens is 661 g/mol. The van der Waals surface area contributed by atoms with Crippen LogP contribution in [0.4, 0.5) is 0 Å². The van der Waals surface area contributed by atoms with Gasteiger partial charge in [0, 0.05) is 19.3 Å². The second kappa shape index (κ2) is 40.1. The number of carbonyl (C=O) groups is 3. The summed E-state index contributed by atoms with van der Waals surface area (Å²) in [5, 5.41) is 0. The molecule has 53 heavy (non-hydrogen) atoms. The maximum absolute atomic E-state index is 12.7. The Morgan fingerprint density at radius 1 is 0.358 bits per heavy atom. The van der Waals surface area contributed by atoms with E-state index in [1.807, 2.05) is 0 Å². The molecule has 0 fully saturated rings. The minimum atomic E-state index is -0.759. The molecule has 0 rings (SSSR count). The van der Waals surface area contributed by atoms with Crippen LogP contribution in [0.15, 0.2) is 0 Å². The summed E-state index contributed by atoms with van der Waals surface area (Å²) < 4.78 is 16.7. The molecule has 0 radical (unpaired) electrons. The highest BCUT2D eigenvalue weighted by atomic mass is 16.6. The molecule has 0 unspecified atom stereocenters. The molecule has 0 saturated heterocycles. The number of ether oxygens (including phenoxy) is 3. The van der Waals surface area contributed by atoms with E-state index in [-0.39, 0.29) is 31.1 Å². The Morgan fingerprint density at radius 2 is 0.623 bits per heavy atom. The summed E-state index contributed by atoms with van der Waals surface area (Å²) in [6, 6.07) is 0. The van der Waals surface area contributed by atoms with Crippen LogP contribution in [-0.4, -0.2) is 37.2 Å². The van der Waals surface area contributed by atoms with E-state index in [4.69, 9.17) is 14.2 Å². The summed E-state index contributed by atoms with van der Waals surface area (Å²) in [6.45, 7) is 11.3. The third kappa shape index (κ3) is 41.4. The highest BCUT2D eigenvalue weighted by Gasteiger charge is 2.19. The van der Waals surface area contributed by atoms with Crippen molar-refractivity contribution < 1.29 is 28.6 Å². The molecule has 1 atom stereocenters. The highest BCUT2D eigenvalue weighted by Crippen LogP contribution is 2.17. The first kappa shape index (κ1) is 51.4. The number of esters is 3. The Balaban J connectivity index is 4.26. The van der Waals surface area contributed by atoms with Crippen molar-refractivity contribution in [2.24, 2.45) is 11.8 Å². The van der Waals surface area contributed by atoms with Crippen molar-refractivity contribution in [3.63, 3.8) is 0 Å². The van der Waals surface area contributed by atoms with E-state index in [1.165, 1.54) is 141 Å². The minimum absolute atomic E-state index is 0.0651. The van der Waals surface area contributed by atoms with Crippen LogP contribution in [0.1, 0.15) is 253 Å². The summed E-state index contributed by atoms with van der Waals surface area (Å²) in [5.41, 5.74) is 0. The van der Waals surface area contributed by atoms with Crippen molar-refractivity contribution in [1.29, 1.82) is 0 Å². The standard InChI is InChI=1S/C47H90O6/c1-6-7-8-9-20-27-32-37-45(48)51-40-44(41-52-46(49)38-33-28-23-18-15-14-17-22-26-31-36-43(4)5)53-47(50)39-34-29-24-19-13-11-10-12-16-21-25-30-35-42(2)3/h42-44H,6-41H2,1-5H3/t44-/m1/s1. The Labute approximate surface area is 329 Å². The first-order valence-corrected chi connectivity index (χ1v) is 23.2. The predicted molar refractivity (Wildman–Crippen MR) is 224 cm³/mol. The molecule has 314 valence electrons. The van der Waals surface area contributed by atoms with Crippen LogP contribution >= 0.6 is 0 Å². The van der Waals surface area contributed by atoms with Gasteiger partial charge in [0.1, 0.15) is 13.2 Å². The second-order valence-corrected chi connectivity index (χ2v) is 17.0. The first-order valence-electron chi connectivity index (χ1n) is 23.2. The molecule has 0 aliphatic carbocycles. The molecule has 0 aliphatic heterocycles. The second-order valence-electron chi connectivity index (χ2n) is 17.0. The third-order valence-electron chi connectivity index (χ3n) is 10.5. The first-order chi connectivity index (χ1) is 25.7. The molecule has 0 spiro atoms. The Kier molecular flexibility index (Phi) is 38.9. The Hall–Kier alpha value is -1.59. The lowest BCUT2D eigenvalue weighted by Crippen LogP contribution is -2.30. The summed E-state index contributed by atoms with van der Waals surface area (Å²) in [6.07, 6.45) is 38.1. The molecule has 0 aliphatic rings. The zero-order valence-corrected chi connectivity index (χ0v) is 36.1. The topological polar surface area (TPSA) is 78.9 Å². The van der Waals surface area contributed by atoms with Gasteiger partial charge in [-0.2, -0.15) is 0 Å². The molecule has 0 saturated carbocycles. The summed E-state index contributed by atoms with van der Waals surface area (Å²) in [4.78, 5) is 37.6. The van der Waals surface area contributed by atoms with Gasteiger partial charge < -0.3 is 14.2 Å².